The highest BCUT2D eigenvalue weighted by molar-refractivity contribution is 5.79. The minimum atomic E-state index is 0.159. The Bertz CT molecular complexity index is 956. The van der Waals surface area contributed by atoms with Crippen molar-refractivity contribution in [1.82, 2.24) is 14.9 Å². The molecular weight excluding hydrogens is 362 g/mol. The van der Waals surface area contributed by atoms with Crippen molar-refractivity contribution in [1.29, 1.82) is 0 Å². The average molecular weight is 392 g/mol. The quantitative estimate of drug-likeness (QED) is 0.639. The third-order valence-corrected chi connectivity index (χ3v) is 5.73. The van der Waals surface area contributed by atoms with Crippen molar-refractivity contribution < 1.29 is 9.53 Å². The van der Waals surface area contributed by atoms with Crippen LogP contribution in [0.5, 0.6) is 5.75 Å². The van der Waals surface area contributed by atoms with Gasteiger partial charge in [-0.1, -0.05) is 49.1 Å². The second-order valence-electron chi connectivity index (χ2n) is 7.88. The summed E-state index contributed by atoms with van der Waals surface area (Å²) in [6.07, 6.45) is 5.58. The van der Waals surface area contributed by atoms with Crippen molar-refractivity contribution >= 4 is 16.9 Å². The van der Waals surface area contributed by atoms with E-state index in [1.807, 2.05) is 42.5 Å². The minimum Gasteiger partial charge on any atom is -0.492 e. The SMILES string of the molecule is Cc1ccc(OCCn2c(CNC(=O)C3CCCCC3)nc3ccccc32)cc1. The third kappa shape index (κ3) is 4.78. The van der Waals surface area contributed by atoms with Gasteiger partial charge in [-0.3, -0.25) is 4.79 Å². The number of hydrogen-bond acceptors (Lipinski definition) is 3. The number of ether oxygens (including phenoxy) is 1. The molecule has 5 heteroatoms. The molecule has 0 aliphatic heterocycles. The van der Waals surface area contributed by atoms with Gasteiger partial charge in [0, 0.05) is 5.92 Å². The largest absolute Gasteiger partial charge is 0.492 e. The van der Waals surface area contributed by atoms with E-state index < -0.39 is 0 Å². The molecule has 3 aromatic rings. The maximum absolute atomic E-state index is 12.6. The van der Waals surface area contributed by atoms with Gasteiger partial charge in [0.15, 0.2) is 0 Å². The topological polar surface area (TPSA) is 56.1 Å². The Morgan fingerprint density at radius 1 is 1.10 bits per heavy atom. The number of aromatic nitrogens is 2. The molecule has 0 radical (unpaired) electrons. The van der Waals surface area contributed by atoms with Gasteiger partial charge in [0.1, 0.15) is 18.2 Å². The number of benzene rings is 2. The zero-order chi connectivity index (χ0) is 20.1. The van der Waals surface area contributed by atoms with Crippen LogP contribution >= 0.6 is 0 Å². The fourth-order valence-electron chi connectivity index (χ4n) is 4.07. The second-order valence-corrected chi connectivity index (χ2v) is 7.88. The van der Waals surface area contributed by atoms with E-state index in [0.29, 0.717) is 19.7 Å². The number of imidazole rings is 1. The summed E-state index contributed by atoms with van der Waals surface area (Å²) < 4.78 is 8.08. The molecule has 1 heterocycles. The monoisotopic (exact) mass is 391 g/mol. The summed E-state index contributed by atoms with van der Waals surface area (Å²) >= 11 is 0. The van der Waals surface area contributed by atoms with Crippen LogP contribution < -0.4 is 10.1 Å². The van der Waals surface area contributed by atoms with Gasteiger partial charge in [0.05, 0.1) is 24.1 Å². The zero-order valence-corrected chi connectivity index (χ0v) is 17.1. The first-order valence-corrected chi connectivity index (χ1v) is 10.6. The van der Waals surface area contributed by atoms with Gasteiger partial charge in [-0.2, -0.15) is 0 Å². The van der Waals surface area contributed by atoms with Gasteiger partial charge >= 0.3 is 0 Å². The highest BCUT2D eigenvalue weighted by atomic mass is 16.5. The lowest BCUT2D eigenvalue weighted by molar-refractivity contribution is -0.126. The van der Waals surface area contributed by atoms with Crippen LogP contribution in [0.3, 0.4) is 0 Å². The van der Waals surface area contributed by atoms with E-state index in [1.54, 1.807) is 0 Å². The zero-order valence-electron chi connectivity index (χ0n) is 17.1. The number of hydrogen-bond donors (Lipinski definition) is 1. The minimum absolute atomic E-state index is 0.159. The van der Waals surface area contributed by atoms with Gasteiger partial charge in [0.25, 0.3) is 0 Å². The van der Waals surface area contributed by atoms with Crippen LogP contribution in [0.25, 0.3) is 11.0 Å². The number of nitrogens with one attached hydrogen (secondary N) is 1. The lowest BCUT2D eigenvalue weighted by Gasteiger charge is -2.20. The lowest BCUT2D eigenvalue weighted by Crippen LogP contribution is -2.32. The number of aryl methyl sites for hydroxylation is 1. The van der Waals surface area contributed by atoms with Crippen molar-refractivity contribution in [2.75, 3.05) is 6.61 Å². The Labute approximate surface area is 172 Å². The van der Waals surface area contributed by atoms with E-state index in [4.69, 9.17) is 9.72 Å². The summed E-state index contributed by atoms with van der Waals surface area (Å²) in [4.78, 5) is 17.3. The summed E-state index contributed by atoms with van der Waals surface area (Å²) in [5, 5.41) is 3.12. The normalized spacial score (nSPS) is 14.8. The number of rotatable bonds is 7. The second kappa shape index (κ2) is 9.12. The van der Waals surface area contributed by atoms with Crippen molar-refractivity contribution in [3.8, 4) is 5.75 Å². The fraction of sp³-hybridized carbons (Fsp3) is 0.417. The Morgan fingerprint density at radius 3 is 2.66 bits per heavy atom. The van der Waals surface area contributed by atoms with E-state index in [-0.39, 0.29) is 11.8 Å². The molecule has 1 aromatic heterocycles. The summed E-state index contributed by atoms with van der Waals surface area (Å²) in [6.45, 7) is 3.75. The van der Waals surface area contributed by atoms with Crippen LogP contribution in [-0.2, 0) is 17.9 Å². The van der Waals surface area contributed by atoms with Crippen LogP contribution in [0.1, 0.15) is 43.5 Å². The summed E-state index contributed by atoms with van der Waals surface area (Å²) in [7, 11) is 0. The van der Waals surface area contributed by atoms with E-state index in [2.05, 4.69) is 22.9 Å². The van der Waals surface area contributed by atoms with Gasteiger partial charge in [-0.15, -0.1) is 0 Å². The Morgan fingerprint density at radius 2 is 1.86 bits per heavy atom. The fourth-order valence-corrected chi connectivity index (χ4v) is 4.07. The first-order chi connectivity index (χ1) is 14.2. The van der Waals surface area contributed by atoms with E-state index in [1.165, 1.54) is 12.0 Å². The predicted molar refractivity (Wildman–Crippen MR) is 115 cm³/mol. The van der Waals surface area contributed by atoms with Gasteiger partial charge in [-0.25, -0.2) is 4.98 Å². The molecule has 1 amide bonds. The van der Waals surface area contributed by atoms with Crippen LogP contribution in [0, 0.1) is 12.8 Å². The van der Waals surface area contributed by atoms with E-state index in [9.17, 15) is 4.79 Å². The van der Waals surface area contributed by atoms with Crippen LogP contribution in [0.2, 0.25) is 0 Å². The third-order valence-electron chi connectivity index (χ3n) is 5.73. The number of nitrogens with zero attached hydrogens (tertiary/aromatic N) is 2. The molecule has 5 nitrogen and oxygen atoms in total. The molecule has 0 atom stereocenters. The number of fused-ring (bicyclic) bond motifs is 1. The summed E-state index contributed by atoms with van der Waals surface area (Å²) in [6, 6.07) is 16.2. The Kier molecular flexibility index (Phi) is 6.13. The molecule has 1 N–H and O–H groups in total. The molecule has 1 aliphatic carbocycles. The average Bonchev–Trinajstić information content (AvgIpc) is 3.11. The molecule has 152 valence electrons. The molecule has 1 aliphatic rings. The van der Waals surface area contributed by atoms with Crippen LogP contribution in [-0.4, -0.2) is 22.1 Å². The first-order valence-electron chi connectivity index (χ1n) is 10.6. The van der Waals surface area contributed by atoms with Crippen molar-refractivity contribution in [3.05, 3.63) is 59.9 Å². The lowest BCUT2D eigenvalue weighted by atomic mass is 9.89. The van der Waals surface area contributed by atoms with Crippen LogP contribution in [0.15, 0.2) is 48.5 Å². The number of para-hydroxylation sites is 2. The molecule has 29 heavy (non-hydrogen) atoms. The van der Waals surface area contributed by atoms with E-state index in [0.717, 1.165) is 48.3 Å². The highest BCUT2D eigenvalue weighted by Crippen LogP contribution is 2.24. The maximum atomic E-state index is 12.6. The molecule has 0 bridgehead atoms. The van der Waals surface area contributed by atoms with Crippen molar-refractivity contribution in [3.63, 3.8) is 0 Å². The molecule has 1 saturated carbocycles. The molecular formula is C24H29N3O2. The van der Waals surface area contributed by atoms with Crippen LogP contribution in [0.4, 0.5) is 0 Å². The van der Waals surface area contributed by atoms with Crippen molar-refractivity contribution in [2.24, 2.45) is 5.92 Å². The van der Waals surface area contributed by atoms with Gasteiger partial charge in [-0.05, 0) is 44.0 Å². The summed E-state index contributed by atoms with van der Waals surface area (Å²) in [5.41, 5.74) is 3.24. The first kappa shape index (κ1) is 19.5. The number of amides is 1. The van der Waals surface area contributed by atoms with Gasteiger partial charge < -0.3 is 14.6 Å². The van der Waals surface area contributed by atoms with E-state index >= 15 is 0 Å². The highest BCUT2D eigenvalue weighted by Gasteiger charge is 2.21. The molecule has 4 rings (SSSR count). The Hall–Kier alpha value is -2.82. The number of carbonyl (C=O) groups excluding carboxylic acids is 1. The standard InChI is InChI=1S/C24H29N3O2/c1-18-11-13-20(14-12-18)29-16-15-27-22-10-6-5-9-21(22)26-23(27)17-25-24(28)19-7-3-2-4-8-19/h5-6,9-14,19H,2-4,7-8,15-17H2,1H3,(H,25,28). The Balaban J connectivity index is 1.43. The molecule has 0 saturated heterocycles. The van der Waals surface area contributed by atoms with Gasteiger partial charge in [0.2, 0.25) is 5.91 Å². The van der Waals surface area contributed by atoms with Crippen molar-refractivity contribution in [2.45, 2.75) is 52.1 Å². The molecule has 1 fully saturated rings. The number of carbonyl (C=O) groups is 1. The molecule has 0 spiro atoms. The predicted octanol–water partition coefficient (Wildman–Crippen LogP) is 4.62. The summed E-state index contributed by atoms with van der Waals surface area (Å²) in [5.74, 6) is 2.07. The smallest absolute Gasteiger partial charge is 0.223 e. The molecule has 2 aromatic carbocycles. The maximum Gasteiger partial charge on any atom is 0.223 e. The molecule has 0 unspecified atom stereocenters.